The average Bonchev–Trinajstić information content (AvgIpc) is 3.14. The lowest BCUT2D eigenvalue weighted by molar-refractivity contribution is -0.116. The van der Waals surface area contributed by atoms with Crippen molar-refractivity contribution in [3.63, 3.8) is 0 Å². The van der Waals surface area contributed by atoms with Gasteiger partial charge in [0.05, 0.1) is 17.9 Å². The minimum Gasteiger partial charge on any atom is -0.326 e. The lowest BCUT2D eigenvalue weighted by atomic mass is 9.85. The number of H-pyrrole nitrogens is 1. The molecular weight excluding hydrogens is 266 g/mol. The maximum atomic E-state index is 12.0. The van der Waals surface area contributed by atoms with Crippen LogP contribution in [-0.2, 0) is 11.3 Å². The van der Waals surface area contributed by atoms with Gasteiger partial charge in [0.15, 0.2) is 0 Å². The number of carbonyl (C=O) groups is 1. The molecule has 1 aliphatic rings. The van der Waals surface area contributed by atoms with Crippen molar-refractivity contribution in [3.8, 4) is 0 Å². The molecule has 3 aromatic rings. The molecule has 3 heterocycles. The number of rotatable bonds is 2. The highest BCUT2D eigenvalue weighted by Gasteiger charge is 2.29. The van der Waals surface area contributed by atoms with E-state index in [4.69, 9.17) is 0 Å². The van der Waals surface area contributed by atoms with Gasteiger partial charge in [0.2, 0.25) is 5.91 Å². The number of fused-ring (bicyclic) bond motifs is 3. The summed E-state index contributed by atoms with van der Waals surface area (Å²) in [6.45, 7) is 2.87. The number of carbonyl (C=O) groups excluding carboxylic acids is 1. The Kier molecular flexibility index (Phi) is 2.57. The largest absolute Gasteiger partial charge is 0.326 e. The summed E-state index contributed by atoms with van der Waals surface area (Å²) in [7, 11) is 0. The van der Waals surface area contributed by atoms with Gasteiger partial charge in [-0.15, -0.1) is 0 Å². The van der Waals surface area contributed by atoms with Crippen LogP contribution in [0.25, 0.3) is 10.9 Å². The molecule has 0 saturated carbocycles. The summed E-state index contributed by atoms with van der Waals surface area (Å²) in [5.41, 5.74) is 4.01. The smallest absolute Gasteiger partial charge is 0.225 e. The van der Waals surface area contributed by atoms with Gasteiger partial charge in [0, 0.05) is 41.7 Å². The molecule has 21 heavy (non-hydrogen) atoms. The van der Waals surface area contributed by atoms with Gasteiger partial charge >= 0.3 is 0 Å². The lowest BCUT2D eigenvalue weighted by Gasteiger charge is -2.25. The third-order valence-electron chi connectivity index (χ3n) is 4.05. The van der Waals surface area contributed by atoms with Crippen LogP contribution in [0, 0.1) is 0 Å². The second-order valence-corrected chi connectivity index (χ2v) is 5.30. The Morgan fingerprint density at radius 2 is 2.29 bits per heavy atom. The predicted octanol–water partition coefficient (Wildman–Crippen LogP) is 2.25. The fourth-order valence-electron chi connectivity index (χ4n) is 3.01. The molecule has 0 spiro atoms. The lowest BCUT2D eigenvalue weighted by Crippen LogP contribution is -2.23. The van der Waals surface area contributed by atoms with Crippen LogP contribution in [0.15, 0.2) is 30.7 Å². The first-order chi connectivity index (χ1) is 10.3. The van der Waals surface area contributed by atoms with Crippen LogP contribution < -0.4 is 5.32 Å². The third kappa shape index (κ3) is 1.83. The summed E-state index contributed by atoms with van der Waals surface area (Å²) in [4.78, 5) is 12.0. The van der Waals surface area contributed by atoms with Crippen LogP contribution in [0.5, 0.6) is 0 Å². The molecule has 6 heteroatoms. The molecule has 0 radical (unpaired) electrons. The number of hydrogen-bond acceptors (Lipinski definition) is 3. The maximum Gasteiger partial charge on any atom is 0.225 e. The molecule has 1 atom stereocenters. The van der Waals surface area contributed by atoms with Crippen molar-refractivity contribution in [3.05, 3.63) is 41.9 Å². The summed E-state index contributed by atoms with van der Waals surface area (Å²) in [6, 6.07) is 3.91. The molecule has 1 amide bonds. The van der Waals surface area contributed by atoms with Crippen LogP contribution in [-0.4, -0.2) is 25.9 Å². The standard InChI is InChI=1S/C15H15N5O/c1-2-20-8-10(7-17-20)11-5-13(21)18-12-4-3-9-6-16-19-15(9)14(11)12/h3-4,6-8,11H,2,5H2,1H3,(H,16,19)(H,18,21). The van der Waals surface area contributed by atoms with Gasteiger partial charge in [-0.05, 0) is 24.6 Å². The molecule has 4 rings (SSSR count). The zero-order chi connectivity index (χ0) is 14.4. The minimum absolute atomic E-state index is 0.0122. The van der Waals surface area contributed by atoms with Gasteiger partial charge in [-0.2, -0.15) is 10.2 Å². The molecule has 2 aromatic heterocycles. The van der Waals surface area contributed by atoms with E-state index in [1.807, 2.05) is 36.1 Å². The van der Waals surface area contributed by atoms with Crippen molar-refractivity contribution >= 4 is 22.5 Å². The topological polar surface area (TPSA) is 75.6 Å². The summed E-state index contributed by atoms with van der Waals surface area (Å²) in [5.74, 6) is 0.0498. The number of nitrogens with one attached hydrogen (secondary N) is 2. The molecule has 2 N–H and O–H groups in total. The molecular formula is C15H15N5O. The van der Waals surface area contributed by atoms with Crippen molar-refractivity contribution in [2.24, 2.45) is 0 Å². The zero-order valence-electron chi connectivity index (χ0n) is 11.6. The van der Waals surface area contributed by atoms with Crippen LogP contribution >= 0.6 is 0 Å². The first kappa shape index (κ1) is 12.1. The summed E-state index contributed by atoms with van der Waals surface area (Å²) >= 11 is 0. The van der Waals surface area contributed by atoms with E-state index < -0.39 is 0 Å². The summed E-state index contributed by atoms with van der Waals surface area (Å²) in [6.07, 6.45) is 6.10. The Labute approximate surface area is 121 Å². The van der Waals surface area contributed by atoms with Crippen molar-refractivity contribution in [2.45, 2.75) is 25.8 Å². The van der Waals surface area contributed by atoms with Crippen molar-refractivity contribution in [1.82, 2.24) is 20.0 Å². The second kappa shape index (κ2) is 4.44. The zero-order valence-corrected chi connectivity index (χ0v) is 11.6. The van der Waals surface area contributed by atoms with E-state index in [1.165, 1.54) is 0 Å². The number of benzene rings is 1. The summed E-state index contributed by atoms with van der Waals surface area (Å²) in [5, 5.41) is 15.5. The fourth-order valence-corrected chi connectivity index (χ4v) is 3.01. The Morgan fingerprint density at radius 1 is 1.38 bits per heavy atom. The first-order valence-corrected chi connectivity index (χ1v) is 7.04. The molecule has 106 valence electrons. The SMILES string of the molecule is CCn1cc(C2CC(=O)Nc3ccc4cn[nH]c4c32)cn1. The molecule has 1 aromatic carbocycles. The van der Waals surface area contributed by atoms with Crippen molar-refractivity contribution in [1.29, 1.82) is 0 Å². The van der Waals surface area contributed by atoms with Gasteiger partial charge in [-0.3, -0.25) is 14.6 Å². The highest BCUT2D eigenvalue weighted by molar-refractivity contribution is 6.00. The molecule has 6 nitrogen and oxygen atoms in total. The second-order valence-electron chi connectivity index (χ2n) is 5.30. The van der Waals surface area contributed by atoms with Crippen LogP contribution in [0.3, 0.4) is 0 Å². The van der Waals surface area contributed by atoms with Gasteiger partial charge in [-0.25, -0.2) is 0 Å². The maximum absolute atomic E-state index is 12.0. The number of amides is 1. The number of nitrogens with zero attached hydrogens (tertiary/aromatic N) is 3. The predicted molar refractivity (Wildman–Crippen MR) is 79.1 cm³/mol. The Balaban J connectivity index is 1.93. The molecule has 0 fully saturated rings. The normalized spacial score (nSPS) is 17.8. The van der Waals surface area contributed by atoms with Gasteiger partial charge < -0.3 is 5.32 Å². The minimum atomic E-state index is 0.0122. The quantitative estimate of drug-likeness (QED) is 0.756. The van der Waals surface area contributed by atoms with E-state index >= 15 is 0 Å². The average molecular weight is 281 g/mol. The van der Waals surface area contributed by atoms with E-state index in [-0.39, 0.29) is 11.8 Å². The number of hydrogen-bond donors (Lipinski definition) is 2. The van der Waals surface area contributed by atoms with Crippen LogP contribution in [0.1, 0.15) is 30.4 Å². The number of anilines is 1. The molecule has 1 aliphatic heterocycles. The van der Waals surface area contributed by atoms with Crippen LogP contribution in [0.4, 0.5) is 5.69 Å². The van der Waals surface area contributed by atoms with Crippen molar-refractivity contribution in [2.75, 3.05) is 5.32 Å². The van der Waals surface area contributed by atoms with E-state index in [0.717, 1.165) is 34.3 Å². The van der Waals surface area contributed by atoms with Crippen molar-refractivity contribution < 1.29 is 4.79 Å². The molecule has 0 aliphatic carbocycles. The van der Waals surface area contributed by atoms with Crippen LogP contribution in [0.2, 0.25) is 0 Å². The summed E-state index contributed by atoms with van der Waals surface area (Å²) < 4.78 is 1.88. The Hall–Kier alpha value is -2.63. The van der Waals surface area contributed by atoms with Gasteiger partial charge in [0.1, 0.15) is 0 Å². The third-order valence-corrected chi connectivity index (χ3v) is 4.05. The van der Waals surface area contributed by atoms with E-state index in [0.29, 0.717) is 6.42 Å². The Morgan fingerprint density at radius 3 is 3.10 bits per heavy atom. The monoisotopic (exact) mass is 281 g/mol. The van der Waals surface area contributed by atoms with E-state index in [2.05, 4.69) is 20.6 Å². The molecule has 1 unspecified atom stereocenters. The number of aromatic amines is 1. The van der Waals surface area contributed by atoms with E-state index in [1.54, 1.807) is 6.20 Å². The van der Waals surface area contributed by atoms with Gasteiger partial charge in [-0.1, -0.05) is 0 Å². The fraction of sp³-hybridized carbons (Fsp3) is 0.267. The van der Waals surface area contributed by atoms with E-state index in [9.17, 15) is 4.79 Å². The Bertz CT molecular complexity index is 832. The molecule has 0 saturated heterocycles. The highest BCUT2D eigenvalue weighted by atomic mass is 16.1. The molecule has 0 bridgehead atoms. The highest BCUT2D eigenvalue weighted by Crippen LogP contribution is 2.40. The number of aryl methyl sites for hydroxylation is 1. The number of aromatic nitrogens is 4. The van der Waals surface area contributed by atoms with Gasteiger partial charge in [0.25, 0.3) is 0 Å². The first-order valence-electron chi connectivity index (χ1n) is 7.04.